The lowest BCUT2D eigenvalue weighted by atomic mass is 10.4. The molecular formula is C6H14ClNO2. The van der Waals surface area contributed by atoms with Crippen LogP contribution in [0, 0.1) is 5.41 Å². The van der Waals surface area contributed by atoms with Crippen molar-refractivity contribution in [3.8, 4) is 0 Å². The lowest BCUT2D eigenvalue weighted by Crippen LogP contribution is -2.04. The Morgan fingerprint density at radius 1 is 1.50 bits per heavy atom. The molecule has 0 spiro atoms. The van der Waals surface area contributed by atoms with Crippen molar-refractivity contribution in [2.45, 2.75) is 13.3 Å². The second kappa shape index (κ2) is 8.72. The minimum Gasteiger partial charge on any atom is -0.484 e. The van der Waals surface area contributed by atoms with Crippen LogP contribution in [-0.2, 0) is 9.47 Å². The van der Waals surface area contributed by atoms with Crippen LogP contribution in [0.2, 0.25) is 0 Å². The lowest BCUT2D eigenvalue weighted by Gasteiger charge is -2.00. The molecule has 10 heavy (non-hydrogen) atoms. The highest BCUT2D eigenvalue weighted by molar-refractivity contribution is 5.85. The second-order valence-corrected chi connectivity index (χ2v) is 1.57. The molecule has 62 valence electrons. The van der Waals surface area contributed by atoms with Gasteiger partial charge >= 0.3 is 0 Å². The van der Waals surface area contributed by atoms with Gasteiger partial charge in [-0.05, 0) is 6.92 Å². The molecule has 0 aromatic heterocycles. The number of rotatable bonds is 4. The van der Waals surface area contributed by atoms with Gasteiger partial charge in [0.25, 0.3) is 0 Å². The van der Waals surface area contributed by atoms with E-state index in [4.69, 9.17) is 10.1 Å². The van der Waals surface area contributed by atoms with Crippen LogP contribution >= 0.6 is 12.4 Å². The zero-order chi connectivity index (χ0) is 7.11. The Morgan fingerprint density at radius 3 is 2.50 bits per heavy atom. The Hall–Kier alpha value is -0.280. The van der Waals surface area contributed by atoms with Gasteiger partial charge in [-0.2, -0.15) is 0 Å². The van der Waals surface area contributed by atoms with Crippen molar-refractivity contribution in [1.82, 2.24) is 0 Å². The Morgan fingerprint density at radius 2 is 2.10 bits per heavy atom. The SMILES string of the molecule is CCOCCC(=N)OC.Cl. The Bertz CT molecular complexity index is 87.8. The molecule has 0 aliphatic carbocycles. The largest absolute Gasteiger partial charge is 0.484 e. The van der Waals surface area contributed by atoms with Crippen LogP contribution in [-0.4, -0.2) is 26.2 Å². The molecule has 0 heterocycles. The topological polar surface area (TPSA) is 42.3 Å². The van der Waals surface area contributed by atoms with Gasteiger partial charge in [-0.1, -0.05) is 0 Å². The molecule has 0 bridgehead atoms. The number of hydrogen-bond donors (Lipinski definition) is 1. The molecule has 3 nitrogen and oxygen atoms in total. The Labute approximate surface area is 67.6 Å². The first-order valence-electron chi connectivity index (χ1n) is 3.00. The van der Waals surface area contributed by atoms with Crippen LogP contribution in [0.4, 0.5) is 0 Å². The van der Waals surface area contributed by atoms with Crippen molar-refractivity contribution >= 4 is 18.3 Å². The van der Waals surface area contributed by atoms with Crippen molar-refractivity contribution in [1.29, 1.82) is 5.41 Å². The molecule has 0 saturated heterocycles. The van der Waals surface area contributed by atoms with Gasteiger partial charge in [0.2, 0.25) is 0 Å². The number of methoxy groups -OCH3 is 1. The summed E-state index contributed by atoms with van der Waals surface area (Å²) in [6, 6.07) is 0. The standard InChI is InChI=1S/C6H13NO2.ClH/c1-3-9-5-4-6(7)8-2;/h7H,3-5H2,1-2H3;1H. The molecule has 0 amide bonds. The van der Waals surface area contributed by atoms with Gasteiger partial charge in [0.15, 0.2) is 5.90 Å². The summed E-state index contributed by atoms with van der Waals surface area (Å²) in [5.74, 6) is 0.281. The number of halogens is 1. The predicted molar refractivity (Wildman–Crippen MR) is 43.1 cm³/mol. The normalized spacial score (nSPS) is 8.20. The summed E-state index contributed by atoms with van der Waals surface area (Å²) >= 11 is 0. The first-order chi connectivity index (χ1) is 4.31. The van der Waals surface area contributed by atoms with Crippen molar-refractivity contribution in [2.24, 2.45) is 0 Å². The van der Waals surface area contributed by atoms with E-state index in [1.54, 1.807) is 0 Å². The highest BCUT2D eigenvalue weighted by Crippen LogP contribution is 1.85. The summed E-state index contributed by atoms with van der Waals surface area (Å²) in [4.78, 5) is 0. The average molecular weight is 168 g/mol. The van der Waals surface area contributed by atoms with Gasteiger partial charge < -0.3 is 9.47 Å². The van der Waals surface area contributed by atoms with Crippen molar-refractivity contribution in [2.75, 3.05) is 20.3 Å². The smallest absolute Gasteiger partial charge is 0.182 e. The third-order valence-electron chi connectivity index (χ3n) is 0.924. The Balaban J connectivity index is 0. The first-order valence-corrected chi connectivity index (χ1v) is 3.00. The fourth-order valence-corrected chi connectivity index (χ4v) is 0.411. The van der Waals surface area contributed by atoms with Crippen LogP contribution in [0.1, 0.15) is 13.3 Å². The lowest BCUT2D eigenvalue weighted by molar-refractivity contribution is 0.150. The van der Waals surface area contributed by atoms with Gasteiger partial charge in [0, 0.05) is 13.0 Å². The van der Waals surface area contributed by atoms with Crippen LogP contribution in [0.15, 0.2) is 0 Å². The maximum absolute atomic E-state index is 7.01. The first kappa shape index (κ1) is 12.4. The summed E-state index contributed by atoms with van der Waals surface area (Å²) in [7, 11) is 1.49. The van der Waals surface area contributed by atoms with E-state index in [0.29, 0.717) is 19.6 Å². The van der Waals surface area contributed by atoms with Gasteiger partial charge in [-0.3, -0.25) is 5.41 Å². The van der Waals surface area contributed by atoms with E-state index in [1.165, 1.54) is 7.11 Å². The minimum absolute atomic E-state index is 0. The van der Waals surface area contributed by atoms with Crippen molar-refractivity contribution in [3.63, 3.8) is 0 Å². The van der Waals surface area contributed by atoms with Crippen molar-refractivity contribution in [3.05, 3.63) is 0 Å². The highest BCUT2D eigenvalue weighted by Gasteiger charge is 1.92. The molecule has 0 radical (unpaired) electrons. The third kappa shape index (κ3) is 7.72. The van der Waals surface area contributed by atoms with E-state index in [2.05, 4.69) is 4.74 Å². The maximum Gasteiger partial charge on any atom is 0.182 e. The van der Waals surface area contributed by atoms with Crippen LogP contribution in [0.3, 0.4) is 0 Å². The molecule has 1 N–H and O–H groups in total. The highest BCUT2D eigenvalue weighted by atomic mass is 35.5. The summed E-state index contributed by atoms with van der Waals surface area (Å²) in [6.07, 6.45) is 0.574. The van der Waals surface area contributed by atoms with Gasteiger partial charge in [0.1, 0.15) is 0 Å². The summed E-state index contributed by atoms with van der Waals surface area (Å²) in [5, 5.41) is 7.01. The number of nitrogens with one attached hydrogen (secondary N) is 1. The molecular weight excluding hydrogens is 154 g/mol. The number of ether oxygens (including phenoxy) is 2. The number of hydrogen-bond acceptors (Lipinski definition) is 3. The predicted octanol–water partition coefficient (Wildman–Crippen LogP) is 1.46. The van der Waals surface area contributed by atoms with E-state index in [0.717, 1.165) is 0 Å². The molecule has 0 aromatic rings. The van der Waals surface area contributed by atoms with Crippen LogP contribution < -0.4 is 0 Å². The summed E-state index contributed by atoms with van der Waals surface area (Å²) in [5.41, 5.74) is 0. The molecule has 0 saturated carbocycles. The van der Waals surface area contributed by atoms with E-state index >= 15 is 0 Å². The molecule has 0 aromatic carbocycles. The van der Waals surface area contributed by atoms with Gasteiger partial charge in [-0.25, -0.2) is 0 Å². The quantitative estimate of drug-likeness (QED) is 0.391. The molecule has 0 fully saturated rings. The van der Waals surface area contributed by atoms with Crippen LogP contribution in [0.5, 0.6) is 0 Å². The van der Waals surface area contributed by atoms with Gasteiger partial charge in [0.05, 0.1) is 13.7 Å². The van der Waals surface area contributed by atoms with E-state index in [9.17, 15) is 0 Å². The molecule has 0 aliphatic rings. The molecule has 0 aliphatic heterocycles. The average Bonchev–Trinajstić information content (AvgIpc) is 1.89. The van der Waals surface area contributed by atoms with E-state index in [-0.39, 0.29) is 18.3 Å². The van der Waals surface area contributed by atoms with Crippen molar-refractivity contribution < 1.29 is 9.47 Å². The zero-order valence-corrected chi connectivity index (χ0v) is 7.16. The van der Waals surface area contributed by atoms with E-state index in [1.807, 2.05) is 6.92 Å². The fourth-order valence-electron chi connectivity index (χ4n) is 0.411. The fraction of sp³-hybridized carbons (Fsp3) is 0.833. The molecule has 0 unspecified atom stereocenters. The molecule has 4 heteroatoms. The zero-order valence-electron chi connectivity index (χ0n) is 6.35. The van der Waals surface area contributed by atoms with Gasteiger partial charge in [-0.15, -0.1) is 12.4 Å². The minimum atomic E-state index is 0. The van der Waals surface area contributed by atoms with Crippen LogP contribution in [0.25, 0.3) is 0 Å². The Kier molecular flexibility index (Phi) is 10.8. The second-order valence-electron chi connectivity index (χ2n) is 1.57. The molecule has 0 rings (SSSR count). The third-order valence-corrected chi connectivity index (χ3v) is 0.924. The molecule has 0 atom stereocenters. The maximum atomic E-state index is 7.01. The summed E-state index contributed by atoms with van der Waals surface area (Å²) in [6.45, 7) is 3.22. The van der Waals surface area contributed by atoms with E-state index < -0.39 is 0 Å². The summed E-state index contributed by atoms with van der Waals surface area (Å²) < 4.78 is 9.59. The monoisotopic (exact) mass is 167 g/mol.